The normalized spacial score (nSPS) is 22.7. The molecule has 2 rings (SSSR count). The van der Waals surface area contributed by atoms with Crippen molar-refractivity contribution in [3.05, 3.63) is 30.3 Å². The van der Waals surface area contributed by atoms with E-state index >= 15 is 0 Å². The molecule has 0 spiro atoms. The van der Waals surface area contributed by atoms with E-state index in [-0.39, 0.29) is 25.1 Å². The Labute approximate surface area is 153 Å². The van der Waals surface area contributed by atoms with E-state index in [1.165, 1.54) is 14.2 Å². The molecule has 26 heavy (non-hydrogen) atoms. The average Bonchev–Trinajstić information content (AvgIpc) is 2.65. The quantitative estimate of drug-likeness (QED) is 0.694. The van der Waals surface area contributed by atoms with Crippen molar-refractivity contribution in [2.75, 3.05) is 33.9 Å². The lowest BCUT2D eigenvalue weighted by molar-refractivity contribution is -0.146. The van der Waals surface area contributed by atoms with Crippen molar-refractivity contribution in [2.24, 2.45) is 5.92 Å². The molecule has 0 aliphatic heterocycles. The number of hydrogen-bond acceptors (Lipinski definition) is 7. The molecule has 0 radical (unpaired) electrons. The van der Waals surface area contributed by atoms with Crippen LogP contribution in [0.15, 0.2) is 30.3 Å². The number of esters is 2. The van der Waals surface area contributed by atoms with Crippen LogP contribution in [0.2, 0.25) is 0 Å². The molecule has 0 bridgehead atoms. The molecule has 0 amide bonds. The van der Waals surface area contributed by atoms with Gasteiger partial charge in [-0.05, 0) is 31.4 Å². The molecule has 144 valence electrons. The zero-order chi connectivity index (χ0) is 18.9. The minimum atomic E-state index is -0.679. The average molecular weight is 365 g/mol. The molecule has 1 aliphatic carbocycles. The van der Waals surface area contributed by atoms with Crippen LogP contribution >= 0.6 is 0 Å². The van der Waals surface area contributed by atoms with Crippen LogP contribution in [0.4, 0.5) is 0 Å². The highest BCUT2D eigenvalue weighted by Crippen LogP contribution is 2.29. The van der Waals surface area contributed by atoms with Crippen molar-refractivity contribution in [1.29, 1.82) is 0 Å². The predicted molar refractivity (Wildman–Crippen MR) is 94.7 cm³/mol. The van der Waals surface area contributed by atoms with Crippen LogP contribution in [0.25, 0.3) is 0 Å². The van der Waals surface area contributed by atoms with E-state index in [9.17, 15) is 14.7 Å². The van der Waals surface area contributed by atoms with Gasteiger partial charge in [0.1, 0.15) is 11.9 Å². The molecule has 1 aliphatic rings. The number of ether oxygens (including phenoxy) is 3. The number of para-hydroxylation sites is 1. The first-order valence-corrected chi connectivity index (χ1v) is 8.79. The Morgan fingerprint density at radius 2 is 1.69 bits per heavy atom. The fourth-order valence-electron chi connectivity index (χ4n) is 3.24. The Morgan fingerprint density at radius 3 is 2.27 bits per heavy atom. The first-order valence-electron chi connectivity index (χ1n) is 8.79. The van der Waals surface area contributed by atoms with E-state index in [2.05, 4.69) is 0 Å². The Balaban J connectivity index is 1.99. The van der Waals surface area contributed by atoms with Crippen molar-refractivity contribution in [1.82, 2.24) is 4.90 Å². The molecule has 1 aromatic rings. The molecule has 7 nitrogen and oxygen atoms in total. The molecule has 0 heterocycles. The number of hydrogen-bond donors (Lipinski definition) is 1. The van der Waals surface area contributed by atoms with Crippen LogP contribution in [0.1, 0.15) is 19.3 Å². The van der Waals surface area contributed by atoms with Gasteiger partial charge in [-0.1, -0.05) is 18.2 Å². The fourth-order valence-corrected chi connectivity index (χ4v) is 3.24. The SMILES string of the molecule is COC(=O)CN(CC(=O)OC)C[C@H]1CCC[C@@H](Oc2ccccc2)[C@@H]1O. The van der Waals surface area contributed by atoms with Gasteiger partial charge in [-0.3, -0.25) is 14.5 Å². The second-order valence-corrected chi connectivity index (χ2v) is 6.47. The summed E-state index contributed by atoms with van der Waals surface area (Å²) in [6.07, 6.45) is 1.48. The third-order valence-corrected chi connectivity index (χ3v) is 4.61. The molecule has 3 atom stereocenters. The number of methoxy groups -OCH3 is 2. The molecule has 1 aromatic carbocycles. The summed E-state index contributed by atoms with van der Waals surface area (Å²) in [6.45, 7) is 0.331. The van der Waals surface area contributed by atoms with Gasteiger partial charge in [0.15, 0.2) is 0 Å². The summed E-state index contributed by atoms with van der Waals surface area (Å²) >= 11 is 0. The molecule has 0 saturated heterocycles. The van der Waals surface area contributed by atoms with Gasteiger partial charge in [0.05, 0.1) is 33.4 Å². The monoisotopic (exact) mass is 365 g/mol. The Kier molecular flexibility index (Phi) is 7.87. The van der Waals surface area contributed by atoms with E-state index in [4.69, 9.17) is 14.2 Å². The Morgan fingerprint density at radius 1 is 1.08 bits per heavy atom. The van der Waals surface area contributed by atoms with Crippen molar-refractivity contribution >= 4 is 11.9 Å². The zero-order valence-corrected chi connectivity index (χ0v) is 15.3. The van der Waals surface area contributed by atoms with Gasteiger partial charge in [-0.25, -0.2) is 0 Å². The smallest absolute Gasteiger partial charge is 0.319 e. The topological polar surface area (TPSA) is 85.3 Å². The van der Waals surface area contributed by atoms with Gasteiger partial charge < -0.3 is 19.3 Å². The molecule has 1 fully saturated rings. The number of aliphatic hydroxyl groups is 1. The minimum Gasteiger partial charge on any atom is -0.488 e. The highest BCUT2D eigenvalue weighted by Gasteiger charge is 2.35. The van der Waals surface area contributed by atoms with Gasteiger partial charge in [0.2, 0.25) is 0 Å². The van der Waals surface area contributed by atoms with Crippen molar-refractivity contribution < 1.29 is 28.9 Å². The number of rotatable bonds is 8. The molecule has 0 unspecified atom stereocenters. The summed E-state index contributed by atoms with van der Waals surface area (Å²) in [7, 11) is 2.61. The van der Waals surface area contributed by atoms with E-state index in [1.54, 1.807) is 4.90 Å². The number of benzene rings is 1. The van der Waals surface area contributed by atoms with Crippen LogP contribution in [0.5, 0.6) is 5.75 Å². The van der Waals surface area contributed by atoms with Crippen LogP contribution in [0, 0.1) is 5.92 Å². The van der Waals surface area contributed by atoms with E-state index in [1.807, 2.05) is 30.3 Å². The number of nitrogens with zero attached hydrogens (tertiary/aromatic N) is 1. The Hall–Kier alpha value is -2.12. The number of carbonyl (C=O) groups is 2. The summed E-state index contributed by atoms with van der Waals surface area (Å²) in [4.78, 5) is 24.9. The second kappa shape index (κ2) is 10.1. The van der Waals surface area contributed by atoms with E-state index in [0.29, 0.717) is 6.54 Å². The summed E-state index contributed by atoms with van der Waals surface area (Å²) in [5, 5.41) is 10.7. The van der Waals surface area contributed by atoms with Gasteiger partial charge in [0.25, 0.3) is 0 Å². The minimum absolute atomic E-state index is 0.0287. The van der Waals surface area contributed by atoms with Gasteiger partial charge in [0, 0.05) is 12.5 Å². The maximum absolute atomic E-state index is 11.6. The predicted octanol–water partition coefficient (Wildman–Crippen LogP) is 1.24. The van der Waals surface area contributed by atoms with Gasteiger partial charge in [-0.2, -0.15) is 0 Å². The van der Waals surface area contributed by atoms with Gasteiger partial charge >= 0.3 is 11.9 Å². The molecular formula is C19H27NO6. The lowest BCUT2D eigenvalue weighted by Gasteiger charge is -2.37. The van der Waals surface area contributed by atoms with Crippen molar-refractivity contribution in [3.8, 4) is 5.75 Å². The number of aliphatic hydroxyl groups excluding tert-OH is 1. The van der Waals surface area contributed by atoms with Crippen molar-refractivity contribution in [3.63, 3.8) is 0 Å². The molecule has 1 N–H and O–H groups in total. The highest BCUT2D eigenvalue weighted by atomic mass is 16.5. The third-order valence-electron chi connectivity index (χ3n) is 4.61. The van der Waals surface area contributed by atoms with Crippen molar-refractivity contribution in [2.45, 2.75) is 31.5 Å². The maximum Gasteiger partial charge on any atom is 0.319 e. The zero-order valence-electron chi connectivity index (χ0n) is 15.3. The standard InChI is InChI=1S/C19H27NO6/c1-24-17(21)12-20(13-18(22)25-2)11-14-7-6-10-16(19(14)23)26-15-8-4-3-5-9-15/h3-5,8-9,14,16,19,23H,6-7,10-13H2,1-2H3/t14-,16-,19-/m1/s1. The lowest BCUT2D eigenvalue weighted by Crippen LogP contribution is -2.47. The highest BCUT2D eigenvalue weighted by molar-refractivity contribution is 5.74. The first kappa shape index (κ1) is 20.2. The van der Waals surface area contributed by atoms with Gasteiger partial charge in [-0.15, -0.1) is 0 Å². The fraction of sp³-hybridized carbons (Fsp3) is 0.579. The van der Waals surface area contributed by atoms with Crippen LogP contribution in [-0.4, -0.2) is 68.0 Å². The lowest BCUT2D eigenvalue weighted by atomic mass is 9.84. The summed E-state index contributed by atoms with van der Waals surface area (Å²) in [5.41, 5.74) is 0. The van der Waals surface area contributed by atoms with Crippen LogP contribution in [0.3, 0.4) is 0 Å². The summed E-state index contributed by atoms with van der Waals surface area (Å²) in [6, 6.07) is 9.39. The van der Waals surface area contributed by atoms with E-state index < -0.39 is 18.0 Å². The Bertz CT molecular complexity index is 561. The third kappa shape index (κ3) is 6.00. The summed E-state index contributed by atoms with van der Waals surface area (Å²) in [5.74, 6) is -0.252. The van der Waals surface area contributed by atoms with Crippen LogP contribution < -0.4 is 4.74 Å². The maximum atomic E-state index is 11.6. The van der Waals surface area contributed by atoms with Crippen LogP contribution in [-0.2, 0) is 19.1 Å². The molecule has 7 heteroatoms. The first-order chi connectivity index (χ1) is 12.5. The summed E-state index contributed by atoms with van der Waals surface area (Å²) < 4.78 is 15.3. The number of carbonyl (C=O) groups excluding carboxylic acids is 2. The largest absolute Gasteiger partial charge is 0.488 e. The second-order valence-electron chi connectivity index (χ2n) is 6.47. The molecule has 0 aromatic heterocycles. The van der Waals surface area contributed by atoms with E-state index in [0.717, 1.165) is 25.0 Å². The molecular weight excluding hydrogens is 338 g/mol. The molecule has 1 saturated carbocycles.